The van der Waals surface area contributed by atoms with Gasteiger partial charge in [-0.25, -0.2) is 17.5 Å². The van der Waals surface area contributed by atoms with Gasteiger partial charge in [-0.3, -0.25) is 4.79 Å². The maximum atomic E-state index is 12.3. The Hall–Kier alpha value is -2.10. The maximum Gasteiger partial charge on any atom is 0.331 e. The molecule has 0 saturated heterocycles. The number of benzene rings is 2. The molecule has 0 aliphatic carbocycles. The number of hydrogen-bond acceptors (Lipinski definition) is 5. The van der Waals surface area contributed by atoms with Crippen molar-refractivity contribution in [2.75, 3.05) is 26.0 Å². The minimum absolute atomic E-state index is 0.0131. The fourth-order valence-corrected chi connectivity index (χ4v) is 4.02. The number of hydrogen-bond donors (Lipinski definition) is 1. The summed E-state index contributed by atoms with van der Waals surface area (Å²) in [4.78, 5) is 23.7. The van der Waals surface area contributed by atoms with Crippen molar-refractivity contribution >= 4 is 68.5 Å². The Labute approximate surface area is 189 Å². The largest absolute Gasteiger partial charge is 0.452 e. The highest BCUT2D eigenvalue weighted by atomic mass is 35.5. The highest BCUT2D eigenvalue weighted by molar-refractivity contribution is 7.89. The minimum atomic E-state index is -3.80. The van der Waals surface area contributed by atoms with E-state index in [1.165, 1.54) is 44.4 Å². The average Bonchev–Trinajstić information content (AvgIpc) is 2.67. The van der Waals surface area contributed by atoms with Gasteiger partial charge >= 0.3 is 5.97 Å². The molecule has 0 saturated carbocycles. The lowest BCUT2D eigenvalue weighted by atomic mass is 10.2. The summed E-state index contributed by atoms with van der Waals surface area (Å²) in [6.45, 7) is -0.573. The number of carbonyl (C=O) groups is 2. The first-order valence-electron chi connectivity index (χ1n) is 8.32. The van der Waals surface area contributed by atoms with Crippen LogP contribution in [0.1, 0.15) is 5.56 Å². The molecule has 1 amide bonds. The molecule has 11 heteroatoms. The standard InChI is InChI=1S/C19H17Cl3N2O5S/c1-24(2)30(27,28)17-10-14(6-7-15(17)21)23-18(25)11-29-19(26)8-4-12-3-5-13(20)9-16(12)22/h3-10H,11H2,1-2H3,(H,23,25)/b8-4+. The van der Waals surface area contributed by atoms with Gasteiger partial charge < -0.3 is 10.1 Å². The van der Waals surface area contributed by atoms with Crippen molar-refractivity contribution in [2.45, 2.75) is 4.90 Å². The number of nitrogens with one attached hydrogen (secondary N) is 1. The van der Waals surface area contributed by atoms with E-state index in [1.54, 1.807) is 12.1 Å². The summed E-state index contributed by atoms with van der Waals surface area (Å²) >= 11 is 17.8. The first-order valence-corrected chi connectivity index (χ1v) is 10.9. The lowest BCUT2D eigenvalue weighted by Crippen LogP contribution is -2.23. The van der Waals surface area contributed by atoms with Gasteiger partial charge in [0.2, 0.25) is 10.0 Å². The van der Waals surface area contributed by atoms with Gasteiger partial charge in [0.15, 0.2) is 6.61 Å². The number of anilines is 1. The number of ether oxygens (including phenoxy) is 1. The molecule has 2 aromatic carbocycles. The molecule has 160 valence electrons. The predicted octanol–water partition coefficient (Wildman–Crippen LogP) is 4.09. The predicted molar refractivity (Wildman–Crippen MR) is 117 cm³/mol. The van der Waals surface area contributed by atoms with Gasteiger partial charge in [-0.15, -0.1) is 0 Å². The van der Waals surface area contributed by atoms with Crippen molar-refractivity contribution in [3.63, 3.8) is 0 Å². The molecule has 7 nitrogen and oxygen atoms in total. The van der Waals surface area contributed by atoms with E-state index in [2.05, 4.69) is 5.32 Å². The van der Waals surface area contributed by atoms with E-state index in [0.29, 0.717) is 15.6 Å². The van der Waals surface area contributed by atoms with E-state index >= 15 is 0 Å². The molecule has 0 fully saturated rings. The number of carbonyl (C=O) groups excluding carboxylic acids is 2. The monoisotopic (exact) mass is 490 g/mol. The second kappa shape index (κ2) is 10.3. The normalized spacial score (nSPS) is 11.7. The molecule has 0 bridgehead atoms. The Balaban J connectivity index is 1.98. The highest BCUT2D eigenvalue weighted by Gasteiger charge is 2.21. The first kappa shape index (κ1) is 24.2. The van der Waals surface area contributed by atoms with Crippen LogP contribution in [0, 0.1) is 0 Å². The van der Waals surface area contributed by atoms with Gasteiger partial charge in [0, 0.05) is 35.9 Å². The van der Waals surface area contributed by atoms with Crippen LogP contribution >= 0.6 is 34.8 Å². The van der Waals surface area contributed by atoms with Crippen molar-refractivity contribution in [3.05, 3.63) is 63.1 Å². The molecule has 2 aromatic rings. The van der Waals surface area contributed by atoms with Gasteiger partial charge in [0.25, 0.3) is 5.91 Å². The highest BCUT2D eigenvalue weighted by Crippen LogP contribution is 2.27. The number of sulfonamides is 1. The summed E-state index contributed by atoms with van der Waals surface area (Å²) in [5, 5.41) is 3.28. The topological polar surface area (TPSA) is 92.8 Å². The molecule has 0 heterocycles. The number of esters is 1. The van der Waals surface area contributed by atoms with E-state index < -0.39 is 28.5 Å². The van der Waals surface area contributed by atoms with Crippen LogP contribution in [0.25, 0.3) is 6.08 Å². The maximum absolute atomic E-state index is 12.3. The van der Waals surface area contributed by atoms with E-state index in [9.17, 15) is 18.0 Å². The fourth-order valence-electron chi connectivity index (χ4n) is 2.15. The van der Waals surface area contributed by atoms with Crippen molar-refractivity contribution in [2.24, 2.45) is 0 Å². The summed E-state index contributed by atoms with van der Waals surface area (Å²) < 4.78 is 30.4. The van der Waals surface area contributed by atoms with Gasteiger partial charge in [-0.05, 0) is 42.0 Å². The lowest BCUT2D eigenvalue weighted by Gasteiger charge is -2.14. The zero-order chi connectivity index (χ0) is 22.5. The molecule has 2 rings (SSSR count). The molecular weight excluding hydrogens is 475 g/mol. The summed E-state index contributed by atoms with van der Waals surface area (Å²) in [6, 6.07) is 8.76. The molecule has 30 heavy (non-hydrogen) atoms. The SMILES string of the molecule is CN(C)S(=O)(=O)c1cc(NC(=O)COC(=O)/C=C/c2ccc(Cl)cc2Cl)ccc1Cl. The third-order valence-electron chi connectivity index (χ3n) is 3.68. The quantitative estimate of drug-likeness (QED) is 0.465. The Morgan fingerprint density at radius 3 is 2.40 bits per heavy atom. The van der Waals surface area contributed by atoms with Gasteiger partial charge in [0.1, 0.15) is 4.90 Å². The third-order valence-corrected chi connectivity index (χ3v) is 6.54. The summed E-state index contributed by atoms with van der Waals surface area (Å²) in [6.07, 6.45) is 2.54. The Morgan fingerprint density at radius 1 is 1.07 bits per heavy atom. The van der Waals surface area contributed by atoms with Crippen molar-refractivity contribution < 1.29 is 22.7 Å². The van der Waals surface area contributed by atoms with Crippen LogP contribution in [0.3, 0.4) is 0 Å². The average molecular weight is 492 g/mol. The number of halogens is 3. The van der Waals surface area contributed by atoms with E-state index in [1.807, 2.05) is 0 Å². The summed E-state index contributed by atoms with van der Waals surface area (Å²) in [7, 11) is -1.07. The van der Waals surface area contributed by atoms with Gasteiger partial charge in [-0.1, -0.05) is 40.9 Å². The van der Waals surface area contributed by atoms with Crippen LogP contribution in [-0.2, 0) is 24.3 Å². The molecule has 0 spiro atoms. The Bertz CT molecular complexity index is 1100. The van der Waals surface area contributed by atoms with E-state index in [0.717, 1.165) is 10.4 Å². The molecule has 0 aliphatic heterocycles. The zero-order valence-corrected chi connectivity index (χ0v) is 18.9. The zero-order valence-electron chi connectivity index (χ0n) is 15.9. The van der Waals surface area contributed by atoms with Gasteiger partial charge in [-0.2, -0.15) is 0 Å². The second-order valence-electron chi connectivity index (χ2n) is 6.09. The molecular formula is C19H17Cl3N2O5S. The Morgan fingerprint density at radius 2 is 1.77 bits per heavy atom. The number of rotatable bonds is 7. The van der Waals surface area contributed by atoms with Crippen LogP contribution in [-0.4, -0.2) is 45.3 Å². The molecule has 0 atom stereocenters. The van der Waals surface area contributed by atoms with Crippen molar-refractivity contribution in [3.8, 4) is 0 Å². The van der Waals surface area contributed by atoms with Crippen LogP contribution in [0.5, 0.6) is 0 Å². The van der Waals surface area contributed by atoms with Crippen LogP contribution in [0.15, 0.2) is 47.4 Å². The number of nitrogens with zero attached hydrogens (tertiary/aromatic N) is 1. The van der Waals surface area contributed by atoms with Crippen molar-refractivity contribution in [1.29, 1.82) is 0 Å². The molecule has 1 N–H and O–H groups in total. The first-order chi connectivity index (χ1) is 14.0. The second-order valence-corrected chi connectivity index (χ2v) is 9.46. The Kier molecular flexibility index (Phi) is 8.28. The molecule has 0 radical (unpaired) electrons. The summed E-state index contributed by atoms with van der Waals surface area (Å²) in [5.74, 6) is -1.42. The fraction of sp³-hybridized carbons (Fsp3) is 0.158. The van der Waals surface area contributed by atoms with Crippen molar-refractivity contribution in [1.82, 2.24) is 4.31 Å². The summed E-state index contributed by atoms with van der Waals surface area (Å²) in [5.41, 5.74) is 0.739. The molecule has 0 aromatic heterocycles. The van der Waals surface area contributed by atoms with Gasteiger partial charge in [0.05, 0.1) is 5.02 Å². The van der Waals surface area contributed by atoms with Crippen LogP contribution < -0.4 is 5.32 Å². The van der Waals surface area contributed by atoms with E-state index in [4.69, 9.17) is 39.5 Å². The molecule has 0 aliphatic rings. The van der Waals surface area contributed by atoms with Crippen LogP contribution in [0.2, 0.25) is 15.1 Å². The minimum Gasteiger partial charge on any atom is -0.452 e. The van der Waals surface area contributed by atoms with Crippen LogP contribution in [0.4, 0.5) is 5.69 Å². The number of amides is 1. The third kappa shape index (κ3) is 6.45. The molecule has 0 unspecified atom stereocenters. The van der Waals surface area contributed by atoms with E-state index in [-0.39, 0.29) is 15.6 Å². The smallest absolute Gasteiger partial charge is 0.331 e. The lowest BCUT2D eigenvalue weighted by molar-refractivity contribution is -0.142.